The predicted octanol–water partition coefficient (Wildman–Crippen LogP) is 1.89. The zero-order valence-electron chi connectivity index (χ0n) is 13.5. The van der Waals surface area contributed by atoms with Crippen LogP contribution in [-0.4, -0.2) is 46.5 Å². The highest BCUT2D eigenvalue weighted by Crippen LogP contribution is 2.39. The summed E-state index contributed by atoms with van der Waals surface area (Å²) in [7, 11) is 6.07. The summed E-state index contributed by atoms with van der Waals surface area (Å²) < 4.78 is 6.31. The van der Waals surface area contributed by atoms with Gasteiger partial charge >= 0.3 is 5.97 Å². The first-order chi connectivity index (χ1) is 10.6. The molecule has 2 aromatic rings. The Labute approximate surface area is 142 Å². The highest BCUT2D eigenvalue weighted by Gasteiger charge is 2.25. The molecule has 0 saturated carbocycles. The van der Waals surface area contributed by atoms with E-state index in [1.807, 2.05) is 34.5 Å². The van der Waals surface area contributed by atoms with Gasteiger partial charge in [0.1, 0.15) is 4.88 Å². The minimum atomic E-state index is -0.221. The second kappa shape index (κ2) is 7.53. The van der Waals surface area contributed by atoms with Crippen molar-refractivity contribution < 1.29 is 9.53 Å². The average molecular weight is 335 g/mol. The molecule has 0 bridgehead atoms. The van der Waals surface area contributed by atoms with Gasteiger partial charge in [-0.2, -0.15) is 0 Å². The summed E-state index contributed by atoms with van der Waals surface area (Å²) in [4.78, 5) is 15.1. The molecule has 1 aromatic carbocycles. The Kier molecular flexibility index (Phi) is 5.95. The van der Waals surface area contributed by atoms with Gasteiger partial charge in [0.25, 0.3) is 0 Å². The highest BCUT2D eigenvalue weighted by molar-refractivity contribution is 7.21. The van der Waals surface area contributed by atoms with E-state index in [0.29, 0.717) is 6.61 Å². The van der Waals surface area contributed by atoms with Gasteiger partial charge in [0.2, 0.25) is 0 Å². The number of halogens is 1. The molecule has 22 heavy (non-hydrogen) atoms. The molecule has 0 atom stereocenters. The number of ether oxygens (including phenoxy) is 1. The van der Waals surface area contributed by atoms with Crippen molar-refractivity contribution in [3.8, 4) is 0 Å². The van der Waals surface area contributed by atoms with Gasteiger partial charge in [-0.15, -0.1) is 11.3 Å². The monoisotopic (exact) mass is 335 g/mol. The SMILES string of the molecule is BB.CCOC(=O)c1sc2ccc(Cl)c3c2c1CN(C)CC3. The maximum Gasteiger partial charge on any atom is 0.348 e. The van der Waals surface area contributed by atoms with Crippen LogP contribution in [0.25, 0.3) is 10.1 Å². The molecule has 3 rings (SSSR count). The van der Waals surface area contributed by atoms with Crippen molar-refractivity contribution >= 4 is 54.5 Å². The number of likely N-dealkylation sites (N-methyl/N-ethyl adjacent to an activating group) is 1. The molecule has 0 radical (unpaired) electrons. The van der Waals surface area contributed by atoms with Crippen molar-refractivity contribution in [1.82, 2.24) is 4.90 Å². The normalized spacial score (nSPS) is 14.1. The lowest BCUT2D eigenvalue weighted by Gasteiger charge is -2.13. The molecule has 3 nitrogen and oxygen atoms in total. The van der Waals surface area contributed by atoms with E-state index in [-0.39, 0.29) is 5.97 Å². The van der Waals surface area contributed by atoms with Crippen LogP contribution in [0.4, 0.5) is 0 Å². The number of hydrogen-bond donors (Lipinski definition) is 0. The highest BCUT2D eigenvalue weighted by atomic mass is 35.5. The summed E-state index contributed by atoms with van der Waals surface area (Å²) in [5, 5.41) is 1.96. The van der Waals surface area contributed by atoms with Gasteiger partial charge < -0.3 is 9.64 Å². The largest absolute Gasteiger partial charge is 0.462 e. The van der Waals surface area contributed by atoms with Crippen LogP contribution in [0.3, 0.4) is 0 Å². The van der Waals surface area contributed by atoms with Gasteiger partial charge in [-0.05, 0) is 43.7 Å². The number of hydrogen-bond acceptors (Lipinski definition) is 4. The van der Waals surface area contributed by atoms with Gasteiger partial charge in [-0.3, -0.25) is 0 Å². The molecule has 1 aromatic heterocycles. The second-order valence-electron chi connectivity index (χ2n) is 5.02. The third-order valence-electron chi connectivity index (χ3n) is 3.64. The summed E-state index contributed by atoms with van der Waals surface area (Å²) in [6.07, 6.45) is 0.915. The minimum Gasteiger partial charge on any atom is -0.462 e. The first-order valence-electron chi connectivity index (χ1n) is 7.70. The fraction of sp³-hybridized carbons (Fsp3) is 0.400. The molecule has 0 spiro atoms. The lowest BCUT2D eigenvalue weighted by molar-refractivity contribution is 0.0530. The van der Waals surface area contributed by atoms with E-state index in [9.17, 15) is 4.79 Å². The third kappa shape index (κ3) is 3.19. The van der Waals surface area contributed by atoms with E-state index in [1.54, 1.807) is 0 Å². The number of carbonyl (C=O) groups excluding carboxylic acids is 1. The van der Waals surface area contributed by atoms with Crippen LogP contribution in [0.2, 0.25) is 5.02 Å². The van der Waals surface area contributed by atoms with Crippen molar-refractivity contribution in [1.29, 1.82) is 0 Å². The van der Waals surface area contributed by atoms with Crippen molar-refractivity contribution in [2.75, 3.05) is 20.2 Å². The molecule has 0 unspecified atom stereocenters. The van der Waals surface area contributed by atoms with E-state index in [4.69, 9.17) is 16.3 Å². The Balaban J connectivity index is 0.000000847. The van der Waals surface area contributed by atoms with Crippen LogP contribution in [0.5, 0.6) is 0 Å². The molecule has 2 heterocycles. The number of benzene rings is 1. The molecule has 0 fully saturated rings. The number of thiophene rings is 1. The van der Waals surface area contributed by atoms with Crippen molar-refractivity contribution in [2.24, 2.45) is 0 Å². The first kappa shape index (κ1) is 17.4. The van der Waals surface area contributed by atoms with Gasteiger partial charge in [-0.25, -0.2) is 4.79 Å². The maximum absolute atomic E-state index is 12.2. The lowest BCUT2D eigenvalue weighted by Crippen LogP contribution is -2.19. The number of esters is 1. The van der Waals surface area contributed by atoms with Gasteiger partial charge in [0.15, 0.2) is 0 Å². The summed E-state index contributed by atoms with van der Waals surface area (Å²) in [5.41, 5.74) is 2.23. The maximum atomic E-state index is 12.2. The van der Waals surface area contributed by atoms with Crippen LogP contribution in [-0.2, 0) is 17.7 Å². The number of carbonyl (C=O) groups is 1. The summed E-state index contributed by atoms with van der Waals surface area (Å²) >= 11 is 7.86. The molecule has 1 aliphatic rings. The van der Waals surface area contributed by atoms with Crippen LogP contribution in [0, 0.1) is 0 Å². The zero-order chi connectivity index (χ0) is 16.3. The van der Waals surface area contributed by atoms with Gasteiger partial charge in [-0.1, -0.05) is 11.6 Å². The number of nitrogens with zero attached hydrogens (tertiary/aromatic N) is 1. The minimum absolute atomic E-state index is 0.221. The Bertz CT molecular complexity index is 690. The van der Waals surface area contributed by atoms with E-state index in [2.05, 4.69) is 11.9 Å². The van der Waals surface area contributed by atoms with Crippen LogP contribution < -0.4 is 0 Å². The standard InChI is InChI=1S/C15H16ClNO2S.B2H4/c1-3-19-15(18)14-10-8-17(2)7-6-9-11(16)4-5-12(20-14)13(9)10;1-2/h4-5H,3,6-8H2,1-2H3;1-2H2. The molecule has 1 aliphatic heterocycles. The molecule has 0 saturated heterocycles. The van der Waals surface area contributed by atoms with Gasteiger partial charge in [0.05, 0.1) is 22.1 Å². The van der Waals surface area contributed by atoms with Crippen molar-refractivity contribution in [2.45, 2.75) is 19.9 Å². The van der Waals surface area contributed by atoms with E-state index in [1.165, 1.54) is 11.3 Å². The molecule has 116 valence electrons. The Morgan fingerprint density at radius 2 is 2.14 bits per heavy atom. The Morgan fingerprint density at radius 1 is 1.41 bits per heavy atom. The van der Waals surface area contributed by atoms with E-state index >= 15 is 0 Å². The van der Waals surface area contributed by atoms with Crippen LogP contribution >= 0.6 is 22.9 Å². The van der Waals surface area contributed by atoms with Crippen molar-refractivity contribution in [3.05, 3.63) is 33.2 Å². The van der Waals surface area contributed by atoms with Crippen LogP contribution in [0.15, 0.2) is 12.1 Å². The fourth-order valence-electron chi connectivity index (χ4n) is 2.71. The van der Waals surface area contributed by atoms with Crippen LogP contribution in [0.1, 0.15) is 27.7 Å². The smallest absolute Gasteiger partial charge is 0.348 e. The molecule has 0 amide bonds. The summed E-state index contributed by atoms with van der Waals surface area (Å²) in [6, 6.07) is 3.93. The molecule has 0 aliphatic carbocycles. The van der Waals surface area contributed by atoms with Crippen molar-refractivity contribution in [3.63, 3.8) is 0 Å². The molecule has 7 heteroatoms. The quantitative estimate of drug-likeness (QED) is 0.620. The van der Waals surface area contributed by atoms with Gasteiger partial charge in [0, 0.05) is 28.2 Å². The Hall–Kier alpha value is -0.970. The lowest BCUT2D eigenvalue weighted by atomic mass is 9.81. The summed E-state index contributed by atoms with van der Waals surface area (Å²) in [6.45, 7) is 3.94. The zero-order valence-corrected chi connectivity index (χ0v) is 15.1. The topological polar surface area (TPSA) is 29.5 Å². The molecular weight excluding hydrogens is 315 g/mol. The average Bonchev–Trinajstić information content (AvgIpc) is 2.77. The third-order valence-corrected chi connectivity index (χ3v) is 5.17. The fourth-order valence-corrected chi connectivity index (χ4v) is 4.10. The number of rotatable bonds is 2. The van der Waals surface area contributed by atoms with E-state index < -0.39 is 0 Å². The van der Waals surface area contributed by atoms with E-state index in [0.717, 1.165) is 50.6 Å². The second-order valence-corrected chi connectivity index (χ2v) is 6.48. The Morgan fingerprint density at radius 3 is 2.82 bits per heavy atom. The summed E-state index contributed by atoms with van der Waals surface area (Å²) in [5.74, 6) is -0.221. The predicted molar refractivity (Wildman–Crippen MR) is 99.9 cm³/mol. The molecule has 0 N–H and O–H groups in total. The first-order valence-corrected chi connectivity index (χ1v) is 8.89. The molecular formula is C15H20B2ClNO2S.